The molecule has 0 spiro atoms. The molecule has 4 heteroatoms. The molecule has 2 aliphatic heterocycles. The molecule has 2 nitrogen and oxygen atoms in total. The summed E-state index contributed by atoms with van der Waals surface area (Å²) in [5, 5.41) is 5.13. The van der Waals surface area contributed by atoms with Crippen LogP contribution in [0.15, 0.2) is 6.07 Å². The molecule has 20 heavy (non-hydrogen) atoms. The molecule has 0 saturated carbocycles. The summed E-state index contributed by atoms with van der Waals surface area (Å²) in [4.78, 5) is 0. The van der Waals surface area contributed by atoms with Gasteiger partial charge in [0.15, 0.2) is 0 Å². The normalized spacial score (nSPS) is 24.4. The molecule has 1 aromatic carbocycles. The zero-order valence-electron chi connectivity index (χ0n) is 12.3. The molecule has 1 N–H and O–H groups in total. The van der Waals surface area contributed by atoms with Gasteiger partial charge in [0.05, 0.1) is 6.61 Å². The Morgan fingerprint density at radius 2 is 2.30 bits per heavy atom. The second kappa shape index (κ2) is 5.78. The van der Waals surface area contributed by atoms with Crippen molar-refractivity contribution in [3.8, 4) is 5.75 Å². The van der Waals surface area contributed by atoms with Gasteiger partial charge in [-0.25, -0.2) is 0 Å². The Bertz CT molecular complexity index is 518. The topological polar surface area (TPSA) is 21.3 Å². The number of hydrogen-bond acceptors (Lipinski definition) is 3. The fourth-order valence-corrected chi connectivity index (χ4v) is 5.14. The Hall–Kier alpha value is -0.380. The Morgan fingerprint density at radius 3 is 3.00 bits per heavy atom. The van der Waals surface area contributed by atoms with Crippen LogP contribution in [-0.4, -0.2) is 18.4 Å². The number of benzene rings is 1. The smallest absolute Gasteiger partial charge is 0.127 e. The average molecular weight is 312 g/mol. The second-order valence-electron chi connectivity index (χ2n) is 5.89. The van der Waals surface area contributed by atoms with E-state index in [1.54, 1.807) is 0 Å². The van der Waals surface area contributed by atoms with Crippen LogP contribution in [0, 0.1) is 5.92 Å². The van der Waals surface area contributed by atoms with Crippen molar-refractivity contribution >= 4 is 23.4 Å². The first-order valence-electron chi connectivity index (χ1n) is 7.45. The first-order valence-corrected chi connectivity index (χ1v) is 8.88. The summed E-state index contributed by atoms with van der Waals surface area (Å²) < 4.78 is 5.87. The molecule has 2 aliphatic rings. The molecule has 110 valence electrons. The van der Waals surface area contributed by atoms with E-state index in [2.05, 4.69) is 32.2 Å². The van der Waals surface area contributed by atoms with Gasteiger partial charge in [0.1, 0.15) is 5.75 Å². The van der Waals surface area contributed by atoms with E-state index < -0.39 is 0 Å². The third-order valence-electron chi connectivity index (χ3n) is 4.21. The van der Waals surface area contributed by atoms with Gasteiger partial charge in [0.25, 0.3) is 0 Å². The number of rotatable bonds is 3. The summed E-state index contributed by atoms with van der Waals surface area (Å²) in [6.45, 7) is 8.51. The average Bonchev–Trinajstić information content (AvgIpc) is 2.86. The molecule has 0 aliphatic carbocycles. The molecule has 0 aromatic heterocycles. The summed E-state index contributed by atoms with van der Waals surface area (Å²) in [7, 11) is 0. The van der Waals surface area contributed by atoms with E-state index in [1.165, 1.54) is 16.7 Å². The lowest BCUT2D eigenvalue weighted by Gasteiger charge is -2.37. The lowest BCUT2D eigenvalue weighted by Crippen LogP contribution is -2.36. The fraction of sp³-hybridized carbons (Fsp3) is 0.625. The predicted octanol–water partition coefficient (Wildman–Crippen LogP) is 4.20. The maximum absolute atomic E-state index is 6.62. The summed E-state index contributed by atoms with van der Waals surface area (Å²) >= 11 is 8.66. The van der Waals surface area contributed by atoms with E-state index in [0.29, 0.717) is 17.2 Å². The highest BCUT2D eigenvalue weighted by Crippen LogP contribution is 2.49. The number of halogens is 1. The quantitative estimate of drug-likeness (QED) is 0.904. The van der Waals surface area contributed by atoms with Crippen molar-refractivity contribution in [2.75, 3.05) is 13.2 Å². The third-order valence-corrected chi connectivity index (χ3v) is 6.18. The molecule has 3 rings (SSSR count). The van der Waals surface area contributed by atoms with Gasteiger partial charge in [-0.3, -0.25) is 0 Å². The summed E-state index contributed by atoms with van der Waals surface area (Å²) in [6.07, 6.45) is 0.993. The van der Waals surface area contributed by atoms with Crippen molar-refractivity contribution in [3.05, 3.63) is 27.8 Å². The van der Waals surface area contributed by atoms with Crippen molar-refractivity contribution < 1.29 is 4.74 Å². The first kappa shape index (κ1) is 14.6. The maximum atomic E-state index is 6.62. The highest BCUT2D eigenvalue weighted by atomic mass is 35.5. The molecule has 1 aromatic rings. The minimum absolute atomic E-state index is 0.329. The van der Waals surface area contributed by atoms with Crippen LogP contribution in [0.4, 0.5) is 0 Å². The Labute approximate surface area is 130 Å². The zero-order valence-corrected chi connectivity index (χ0v) is 13.9. The fourth-order valence-electron chi connectivity index (χ4n) is 3.32. The summed E-state index contributed by atoms with van der Waals surface area (Å²) in [5.41, 5.74) is 3.90. The van der Waals surface area contributed by atoms with E-state index in [4.69, 9.17) is 16.3 Å². The zero-order chi connectivity index (χ0) is 14.3. The van der Waals surface area contributed by atoms with Crippen molar-refractivity contribution in [1.82, 2.24) is 5.32 Å². The Kier molecular flexibility index (Phi) is 4.21. The van der Waals surface area contributed by atoms with Crippen LogP contribution in [-0.2, 0) is 12.2 Å². The SMILES string of the molecule is CCNC1c2c(Cl)cc3c(c2CSC1C(C)C)OCC3. The van der Waals surface area contributed by atoms with Gasteiger partial charge >= 0.3 is 0 Å². The van der Waals surface area contributed by atoms with Crippen LogP contribution in [0.5, 0.6) is 5.75 Å². The van der Waals surface area contributed by atoms with E-state index in [9.17, 15) is 0 Å². The maximum Gasteiger partial charge on any atom is 0.127 e. The van der Waals surface area contributed by atoms with Crippen molar-refractivity contribution in [2.45, 2.75) is 44.2 Å². The van der Waals surface area contributed by atoms with Crippen LogP contribution < -0.4 is 10.1 Å². The molecule has 2 unspecified atom stereocenters. The van der Waals surface area contributed by atoms with E-state index >= 15 is 0 Å². The number of ether oxygens (including phenoxy) is 1. The molecule has 0 radical (unpaired) electrons. The monoisotopic (exact) mass is 311 g/mol. The standard InChI is InChI=1S/C16H22ClNOS/c1-4-18-14-13-11(8-20-16(14)9(2)3)15-10(5-6-19-15)7-12(13)17/h7,9,14,16,18H,4-6,8H2,1-3H3. The van der Waals surface area contributed by atoms with Gasteiger partial charge in [-0.15, -0.1) is 0 Å². The number of hydrogen-bond donors (Lipinski definition) is 1. The van der Waals surface area contributed by atoms with Gasteiger partial charge in [0, 0.05) is 34.1 Å². The summed E-state index contributed by atoms with van der Waals surface area (Å²) in [5.74, 6) is 2.76. The molecule has 0 saturated heterocycles. The highest BCUT2D eigenvalue weighted by molar-refractivity contribution is 7.99. The number of nitrogens with one attached hydrogen (secondary N) is 1. The Balaban J connectivity index is 2.10. The van der Waals surface area contributed by atoms with Crippen molar-refractivity contribution in [1.29, 1.82) is 0 Å². The molecule has 0 amide bonds. The molecular weight excluding hydrogens is 290 g/mol. The van der Waals surface area contributed by atoms with E-state index in [0.717, 1.165) is 36.1 Å². The Morgan fingerprint density at radius 1 is 1.50 bits per heavy atom. The largest absolute Gasteiger partial charge is 0.493 e. The third kappa shape index (κ3) is 2.34. The van der Waals surface area contributed by atoms with E-state index in [1.807, 2.05) is 11.8 Å². The van der Waals surface area contributed by atoms with Crippen LogP contribution in [0.2, 0.25) is 5.02 Å². The molecule has 2 atom stereocenters. The lowest BCUT2D eigenvalue weighted by molar-refractivity contribution is 0.352. The van der Waals surface area contributed by atoms with Crippen LogP contribution in [0.25, 0.3) is 0 Å². The number of fused-ring (bicyclic) bond motifs is 3. The van der Waals surface area contributed by atoms with Gasteiger partial charge < -0.3 is 10.1 Å². The summed E-state index contributed by atoms with van der Waals surface area (Å²) in [6, 6.07) is 2.45. The van der Waals surface area contributed by atoms with E-state index in [-0.39, 0.29) is 0 Å². The second-order valence-corrected chi connectivity index (χ2v) is 7.47. The predicted molar refractivity (Wildman–Crippen MR) is 87.0 cm³/mol. The molecule has 0 fully saturated rings. The van der Waals surface area contributed by atoms with Crippen LogP contribution >= 0.6 is 23.4 Å². The van der Waals surface area contributed by atoms with Crippen molar-refractivity contribution in [3.63, 3.8) is 0 Å². The van der Waals surface area contributed by atoms with Gasteiger partial charge in [-0.2, -0.15) is 11.8 Å². The molecule has 0 bridgehead atoms. The molecule has 2 heterocycles. The van der Waals surface area contributed by atoms with Crippen LogP contribution in [0.1, 0.15) is 43.5 Å². The lowest BCUT2D eigenvalue weighted by atomic mass is 9.90. The van der Waals surface area contributed by atoms with Gasteiger partial charge in [-0.05, 0) is 29.7 Å². The highest BCUT2D eigenvalue weighted by Gasteiger charge is 2.36. The minimum Gasteiger partial charge on any atom is -0.493 e. The first-order chi connectivity index (χ1) is 9.63. The number of thioether (sulfide) groups is 1. The van der Waals surface area contributed by atoms with Crippen LogP contribution in [0.3, 0.4) is 0 Å². The van der Waals surface area contributed by atoms with Crippen molar-refractivity contribution in [2.24, 2.45) is 5.92 Å². The molecular formula is C16H22ClNOS. The van der Waals surface area contributed by atoms with Gasteiger partial charge in [-0.1, -0.05) is 32.4 Å². The van der Waals surface area contributed by atoms with Gasteiger partial charge in [0.2, 0.25) is 0 Å². The minimum atomic E-state index is 0.329.